The van der Waals surface area contributed by atoms with Gasteiger partial charge in [0.15, 0.2) is 0 Å². The topological polar surface area (TPSA) is 58.2 Å². The minimum Gasteiger partial charge on any atom is -0.354 e. The number of thioether (sulfide) groups is 2. The first-order valence-electron chi connectivity index (χ1n) is 7.53. The third-order valence-corrected chi connectivity index (χ3v) is 6.46. The number of benzene rings is 1. The van der Waals surface area contributed by atoms with Gasteiger partial charge in [-0.25, -0.2) is 0 Å². The second kappa shape index (κ2) is 8.48. The lowest BCUT2D eigenvalue weighted by Gasteiger charge is -2.14. The van der Waals surface area contributed by atoms with Gasteiger partial charge in [0.05, 0.1) is 4.58 Å². The Morgan fingerprint density at radius 2 is 1.86 bits per heavy atom. The molecule has 0 bridgehead atoms. The van der Waals surface area contributed by atoms with E-state index in [-0.39, 0.29) is 11.8 Å². The van der Waals surface area contributed by atoms with Crippen LogP contribution < -0.4 is 10.6 Å². The van der Waals surface area contributed by atoms with Crippen molar-refractivity contribution in [1.82, 2.24) is 10.6 Å². The molecule has 0 spiro atoms. The molecule has 1 aliphatic heterocycles. The van der Waals surface area contributed by atoms with Crippen molar-refractivity contribution in [3.8, 4) is 0 Å². The zero-order valence-electron chi connectivity index (χ0n) is 12.9. The van der Waals surface area contributed by atoms with E-state index in [1.54, 1.807) is 6.92 Å². The van der Waals surface area contributed by atoms with Crippen LogP contribution in [0.2, 0.25) is 0 Å². The molecule has 1 saturated heterocycles. The van der Waals surface area contributed by atoms with Gasteiger partial charge in [-0.1, -0.05) is 19.1 Å². The van der Waals surface area contributed by atoms with Crippen molar-refractivity contribution >= 4 is 35.3 Å². The molecule has 0 aliphatic carbocycles. The SMILES string of the molecule is CCCNC(=O)C(C)NC(=O)c1ccc(C2SCCS2)cc1. The van der Waals surface area contributed by atoms with Crippen LogP contribution in [0.15, 0.2) is 24.3 Å². The minimum absolute atomic E-state index is 0.148. The maximum atomic E-state index is 12.2. The average molecular weight is 338 g/mol. The highest BCUT2D eigenvalue weighted by molar-refractivity contribution is 8.19. The summed E-state index contributed by atoms with van der Waals surface area (Å²) in [6.07, 6.45) is 0.880. The standard InChI is InChI=1S/C16H22N2O2S2/c1-3-8-17-14(19)11(2)18-15(20)12-4-6-13(7-5-12)16-21-9-10-22-16/h4-7,11,16H,3,8-10H2,1-2H3,(H,17,19)(H,18,20). The molecule has 1 fully saturated rings. The number of hydrogen-bond acceptors (Lipinski definition) is 4. The molecular weight excluding hydrogens is 316 g/mol. The lowest BCUT2D eigenvalue weighted by Crippen LogP contribution is -2.45. The van der Waals surface area contributed by atoms with Crippen LogP contribution in [-0.2, 0) is 4.79 Å². The van der Waals surface area contributed by atoms with Gasteiger partial charge in [0.25, 0.3) is 5.91 Å². The van der Waals surface area contributed by atoms with Gasteiger partial charge < -0.3 is 10.6 Å². The molecule has 1 aromatic carbocycles. The summed E-state index contributed by atoms with van der Waals surface area (Å²) in [5.74, 6) is 2.01. The molecule has 1 heterocycles. The first kappa shape index (κ1) is 17.2. The zero-order valence-corrected chi connectivity index (χ0v) is 14.6. The van der Waals surface area contributed by atoms with E-state index in [9.17, 15) is 9.59 Å². The van der Waals surface area contributed by atoms with Crippen LogP contribution in [0.1, 0.15) is 40.8 Å². The number of carbonyl (C=O) groups excluding carboxylic acids is 2. The van der Waals surface area contributed by atoms with Gasteiger partial charge in [-0.2, -0.15) is 0 Å². The molecule has 6 heteroatoms. The van der Waals surface area contributed by atoms with Gasteiger partial charge in [0.1, 0.15) is 6.04 Å². The van der Waals surface area contributed by atoms with Crippen molar-refractivity contribution in [2.24, 2.45) is 0 Å². The molecule has 2 rings (SSSR count). The number of rotatable bonds is 6. The molecule has 1 aliphatic rings. The molecule has 1 aromatic rings. The predicted molar refractivity (Wildman–Crippen MR) is 94.3 cm³/mol. The second-order valence-corrected chi connectivity index (χ2v) is 7.91. The molecule has 120 valence electrons. The Morgan fingerprint density at radius 1 is 1.23 bits per heavy atom. The summed E-state index contributed by atoms with van der Waals surface area (Å²) in [6, 6.07) is 7.15. The fourth-order valence-electron chi connectivity index (χ4n) is 2.09. The number of amides is 2. The van der Waals surface area contributed by atoms with Crippen molar-refractivity contribution in [3.05, 3.63) is 35.4 Å². The van der Waals surface area contributed by atoms with Gasteiger partial charge in [0, 0.05) is 23.6 Å². The minimum atomic E-state index is -0.528. The van der Waals surface area contributed by atoms with E-state index in [0.717, 1.165) is 6.42 Å². The Balaban J connectivity index is 1.90. The smallest absolute Gasteiger partial charge is 0.251 e. The van der Waals surface area contributed by atoms with Gasteiger partial charge in [-0.05, 0) is 31.0 Å². The molecule has 1 atom stereocenters. The Labute approximate surface area is 140 Å². The summed E-state index contributed by atoms with van der Waals surface area (Å²) < 4.78 is 0.482. The van der Waals surface area contributed by atoms with Crippen LogP contribution in [0, 0.1) is 0 Å². The van der Waals surface area contributed by atoms with Crippen LogP contribution in [0.4, 0.5) is 0 Å². The largest absolute Gasteiger partial charge is 0.354 e. The van der Waals surface area contributed by atoms with Crippen molar-refractivity contribution < 1.29 is 9.59 Å². The molecule has 0 aromatic heterocycles. The third-order valence-electron chi connectivity index (χ3n) is 3.36. The van der Waals surface area contributed by atoms with Gasteiger partial charge in [-0.3, -0.25) is 9.59 Å². The maximum Gasteiger partial charge on any atom is 0.251 e. The van der Waals surface area contributed by atoms with E-state index in [4.69, 9.17) is 0 Å². The summed E-state index contributed by atoms with van der Waals surface area (Å²) >= 11 is 3.88. The molecule has 2 amide bonds. The molecular formula is C16H22N2O2S2. The van der Waals surface area contributed by atoms with Crippen LogP contribution >= 0.6 is 23.5 Å². The van der Waals surface area contributed by atoms with Crippen molar-refractivity contribution in [2.45, 2.75) is 30.9 Å². The van der Waals surface area contributed by atoms with Crippen molar-refractivity contribution in [1.29, 1.82) is 0 Å². The first-order valence-corrected chi connectivity index (χ1v) is 9.63. The van der Waals surface area contributed by atoms with Crippen molar-refractivity contribution in [2.75, 3.05) is 18.1 Å². The molecule has 1 unspecified atom stereocenters. The Kier molecular flexibility index (Phi) is 6.64. The lowest BCUT2D eigenvalue weighted by molar-refractivity contribution is -0.122. The molecule has 2 N–H and O–H groups in total. The summed E-state index contributed by atoms with van der Waals surface area (Å²) in [6.45, 7) is 4.32. The van der Waals surface area contributed by atoms with E-state index in [0.29, 0.717) is 16.7 Å². The number of carbonyl (C=O) groups is 2. The maximum absolute atomic E-state index is 12.2. The molecule has 4 nitrogen and oxygen atoms in total. The van der Waals surface area contributed by atoms with Gasteiger partial charge in [-0.15, -0.1) is 23.5 Å². The monoisotopic (exact) mass is 338 g/mol. The second-order valence-electron chi connectivity index (χ2n) is 5.18. The molecule has 22 heavy (non-hydrogen) atoms. The zero-order chi connectivity index (χ0) is 15.9. The highest BCUT2D eigenvalue weighted by Crippen LogP contribution is 2.45. The third kappa shape index (κ3) is 4.68. The van der Waals surface area contributed by atoms with E-state index < -0.39 is 6.04 Å². The summed E-state index contributed by atoms with van der Waals surface area (Å²) in [7, 11) is 0. The Hall–Kier alpha value is -1.14. The normalized spacial score (nSPS) is 16.3. The van der Waals surface area contributed by atoms with E-state index in [1.807, 2.05) is 54.7 Å². The molecule has 0 radical (unpaired) electrons. The highest BCUT2D eigenvalue weighted by Gasteiger charge is 2.19. The first-order chi connectivity index (χ1) is 10.6. The lowest BCUT2D eigenvalue weighted by atomic mass is 10.1. The van der Waals surface area contributed by atoms with Gasteiger partial charge >= 0.3 is 0 Å². The van der Waals surface area contributed by atoms with Crippen LogP contribution in [0.25, 0.3) is 0 Å². The van der Waals surface area contributed by atoms with E-state index in [2.05, 4.69) is 10.6 Å². The van der Waals surface area contributed by atoms with Crippen LogP contribution in [0.5, 0.6) is 0 Å². The summed E-state index contributed by atoms with van der Waals surface area (Å²) in [4.78, 5) is 23.9. The Morgan fingerprint density at radius 3 is 2.45 bits per heavy atom. The average Bonchev–Trinajstić information content (AvgIpc) is 3.07. The van der Waals surface area contributed by atoms with Crippen molar-refractivity contribution in [3.63, 3.8) is 0 Å². The van der Waals surface area contributed by atoms with E-state index >= 15 is 0 Å². The summed E-state index contributed by atoms with van der Waals surface area (Å²) in [5.41, 5.74) is 1.84. The summed E-state index contributed by atoms with van der Waals surface area (Å²) in [5, 5.41) is 5.51. The molecule has 0 saturated carbocycles. The quantitative estimate of drug-likeness (QED) is 0.837. The number of nitrogens with one attached hydrogen (secondary N) is 2. The fraction of sp³-hybridized carbons (Fsp3) is 0.500. The van der Waals surface area contributed by atoms with Gasteiger partial charge in [0.2, 0.25) is 5.91 Å². The van der Waals surface area contributed by atoms with Crippen LogP contribution in [-0.4, -0.2) is 35.9 Å². The number of hydrogen-bond donors (Lipinski definition) is 2. The highest BCUT2D eigenvalue weighted by atomic mass is 32.2. The fourth-order valence-corrected chi connectivity index (χ4v) is 4.95. The van der Waals surface area contributed by atoms with Crippen LogP contribution in [0.3, 0.4) is 0 Å². The Bertz CT molecular complexity index is 513. The van der Waals surface area contributed by atoms with E-state index in [1.165, 1.54) is 17.1 Å². The predicted octanol–water partition coefficient (Wildman–Crippen LogP) is 2.81.